The zero-order chi connectivity index (χ0) is 42.4. The summed E-state index contributed by atoms with van der Waals surface area (Å²) in [7, 11) is 4.71. The third kappa shape index (κ3) is 12.4. The summed E-state index contributed by atoms with van der Waals surface area (Å²) in [6.07, 6.45) is 3.57. The number of benzene rings is 4. The maximum absolute atomic E-state index is 13.5. The number of carbonyl (C=O) groups excluding carboxylic acids is 2. The summed E-state index contributed by atoms with van der Waals surface area (Å²) in [6, 6.07) is 23.3. The molecule has 314 valence electrons. The molecule has 0 aliphatic rings. The Morgan fingerprint density at radius 3 is 2.24 bits per heavy atom. The van der Waals surface area contributed by atoms with Gasteiger partial charge in [0.05, 0.1) is 69.9 Å². The molecule has 14 nitrogen and oxygen atoms in total. The Bertz CT molecular complexity index is 2200. The van der Waals surface area contributed by atoms with Gasteiger partial charge >= 0.3 is 6.03 Å². The van der Waals surface area contributed by atoms with Gasteiger partial charge in [0.1, 0.15) is 23.1 Å². The molecule has 0 spiro atoms. The van der Waals surface area contributed by atoms with Gasteiger partial charge in [-0.25, -0.2) is 9.78 Å². The summed E-state index contributed by atoms with van der Waals surface area (Å²) in [5, 5.41) is 13.8. The molecule has 1 aromatic heterocycles. The van der Waals surface area contributed by atoms with E-state index in [9.17, 15) is 9.59 Å². The summed E-state index contributed by atoms with van der Waals surface area (Å²) in [5.41, 5.74) is 3.83. The molecule has 15 heteroatoms. The average Bonchev–Trinajstić information content (AvgIpc) is 3.21. The highest BCUT2D eigenvalue weighted by atomic mass is 32.2. The Kier molecular flexibility index (Phi) is 16.0. The molecule has 0 bridgehead atoms. The first-order chi connectivity index (χ1) is 28.4. The second-order valence-electron chi connectivity index (χ2n) is 14.5. The quantitative estimate of drug-likeness (QED) is 0.0374. The van der Waals surface area contributed by atoms with Crippen molar-refractivity contribution in [3.05, 3.63) is 96.2 Å². The lowest BCUT2D eigenvalue weighted by Gasteiger charge is -2.24. The van der Waals surface area contributed by atoms with Crippen LogP contribution in [0.2, 0.25) is 0 Å². The van der Waals surface area contributed by atoms with Gasteiger partial charge in [-0.1, -0.05) is 57.0 Å². The first kappa shape index (κ1) is 44.4. The van der Waals surface area contributed by atoms with Crippen LogP contribution in [-0.2, 0) is 19.6 Å². The van der Waals surface area contributed by atoms with Crippen LogP contribution in [0.25, 0.3) is 10.8 Å². The number of aromatic nitrogens is 1. The van der Waals surface area contributed by atoms with Crippen LogP contribution in [0.3, 0.4) is 0 Å². The molecule has 0 saturated carbocycles. The number of nitrogens with one attached hydrogen (secondary N) is 5. The molecule has 0 saturated heterocycles. The van der Waals surface area contributed by atoms with Gasteiger partial charge in [-0.3, -0.25) is 4.79 Å². The van der Waals surface area contributed by atoms with E-state index in [1.165, 1.54) is 19.1 Å². The van der Waals surface area contributed by atoms with Gasteiger partial charge in [-0.15, -0.1) is 0 Å². The van der Waals surface area contributed by atoms with Crippen molar-refractivity contribution in [2.45, 2.75) is 39.2 Å². The Balaban J connectivity index is 1.25. The van der Waals surface area contributed by atoms with Crippen molar-refractivity contribution in [2.75, 3.05) is 81.3 Å². The maximum atomic E-state index is 13.5. The Hall–Kier alpha value is -5.74. The van der Waals surface area contributed by atoms with Crippen LogP contribution < -0.4 is 40.2 Å². The molecule has 59 heavy (non-hydrogen) atoms. The van der Waals surface area contributed by atoms with E-state index in [-0.39, 0.29) is 17.4 Å². The number of ether oxygens (including phenoxy) is 6. The molecule has 1 atom stereocenters. The number of fused-ring (bicyclic) bond motifs is 1. The van der Waals surface area contributed by atoms with Crippen molar-refractivity contribution in [1.82, 2.24) is 10.3 Å². The van der Waals surface area contributed by atoms with E-state index >= 15 is 0 Å². The summed E-state index contributed by atoms with van der Waals surface area (Å²) in [6.45, 7) is 10.4. The number of pyridine rings is 1. The molecule has 5 N–H and O–H groups in total. The molecule has 0 fully saturated rings. The molecular formula is C44H54N6O8S. The minimum absolute atomic E-state index is 0.165. The van der Waals surface area contributed by atoms with Crippen LogP contribution in [0, 0.1) is 0 Å². The first-order valence-electron chi connectivity index (χ1n) is 19.1. The number of hydrogen-bond acceptors (Lipinski definition) is 12. The Labute approximate surface area is 350 Å². The standard InChI is InChI=1S/C44H54N6O8S/c1-28(27-57-22-21-56-20-19-53-5)46-42(51)34-14-13-30(25-39(34)54-6)47-40-26-31(17-18-45-40)58-38-16-15-35(32-11-9-10-12-33(32)38)48-43(52)49-36-23-29(44(2,3)4)24-37(50-59-8)41(36)55-7/h9-18,23-26,28,50H,19-22,27H2,1-8H3,(H,45,47)(H,46,51)(H2,48,49,52)/t28-/m0/s1. The Morgan fingerprint density at radius 2 is 1.51 bits per heavy atom. The zero-order valence-corrected chi connectivity index (χ0v) is 35.6. The smallest absolute Gasteiger partial charge is 0.323 e. The minimum atomic E-state index is -0.422. The lowest BCUT2D eigenvalue weighted by molar-refractivity contribution is 0.0204. The second kappa shape index (κ2) is 21.3. The van der Waals surface area contributed by atoms with Crippen LogP contribution in [0.4, 0.5) is 33.4 Å². The summed E-state index contributed by atoms with van der Waals surface area (Å²) >= 11 is 1.44. The fourth-order valence-electron chi connectivity index (χ4n) is 6.05. The molecule has 0 aliphatic carbocycles. The maximum Gasteiger partial charge on any atom is 0.323 e. The predicted molar refractivity (Wildman–Crippen MR) is 236 cm³/mol. The molecule has 0 aliphatic heterocycles. The molecule has 1 heterocycles. The highest BCUT2D eigenvalue weighted by Crippen LogP contribution is 2.40. The van der Waals surface area contributed by atoms with Gasteiger partial charge in [0.25, 0.3) is 5.91 Å². The first-order valence-corrected chi connectivity index (χ1v) is 20.3. The minimum Gasteiger partial charge on any atom is -0.496 e. The zero-order valence-electron chi connectivity index (χ0n) is 34.8. The van der Waals surface area contributed by atoms with Gasteiger partial charge in [-0.2, -0.15) is 0 Å². The van der Waals surface area contributed by atoms with Crippen molar-refractivity contribution in [1.29, 1.82) is 0 Å². The monoisotopic (exact) mass is 826 g/mol. The highest BCUT2D eigenvalue weighted by molar-refractivity contribution is 7.99. The third-order valence-corrected chi connectivity index (χ3v) is 9.40. The molecule has 3 amide bonds. The number of carbonyl (C=O) groups is 2. The number of hydrogen-bond donors (Lipinski definition) is 5. The lowest BCUT2D eigenvalue weighted by Crippen LogP contribution is -2.36. The number of nitrogens with zero attached hydrogens (tertiary/aromatic N) is 1. The number of rotatable bonds is 20. The molecule has 4 aromatic carbocycles. The van der Waals surface area contributed by atoms with Gasteiger partial charge in [0.15, 0.2) is 5.75 Å². The second-order valence-corrected chi connectivity index (χ2v) is 15.1. The fraction of sp³-hybridized carbons (Fsp3) is 0.341. The highest BCUT2D eigenvalue weighted by Gasteiger charge is 2.22. The van der Waals surface area contributed by atoms with Gasteiger partial charge < -0.3 is 54.4 Å². The molecule has 0 unspecified atom stereocenters. The van der Waals surface area contributed by atoms with Gasteiger partial charge in [0.2, 0.25) is 0 Å². The van der Waals surface area contributed by atoms with Crippen molar-refractivity contribution in [2.24, 2.45) is 0 Å². The molecule has 5 rings (SSSR count). The number of anilines is 5. The largest absolute Gasteiger partial charge is 0.496 e. The van der Waals surface area contributed by atoms with E-state index in [1.807, 2.05) is 55.6 Å². The number of methoxy groups -OCH3 is 3. The normalized spacial score (nSPS) is 11.7. The number of urea groups is 1. The van der Waals surface area contributed by atoms with E-state index in [0.29, 0.717) is 84.5 Å². The van der Waals surface area contributed by atoms with Crippen molar-refractivity contribution in [3.63, 3.8) is 0 Å². The summed E-state index contributed by atoms with van der Waals surface area (Å²) < 4.78 is 36.9. The van der Waals surface area contributed by atoms with Crippen LogP contribution in [0.1, 0.15) is 43.6 Å². The van der Waals surface area contributed by atoms with Crippen LogP contribution in [0.5, 0.6) is 23.0 Å². The van der Waals surface area contributed by atoms with E-state index in [0.717, 1.165) is 22.0 Å². The molecule has 5 aromatic rings. The average molecular weight is 827 g/mol. The molecule has 0 radical (unpaired) electrons. The van der Waals surface area contributed by atoms with Crippen LogP contribution in [0.15, 0.2) is 85.1 Å². The van der Waals surface area contributed by atoms with Crippen molar-refractivity contribution >= 4 is 63.2 Å². The summed E-state index contributed by atoms with van der Waals surface area (Å²) in [5.74, 6) is 2.27. The van der Waals surface area contributed by atoms with Gasteiger partial charge in [0, 0.05) is 54.2 Å². The van der Waals surface area contributed by atoms with Crippen LogP contribution >= 0.6 is 11.9 Å². The van der Waals surface area contributed by atoms with E-state index in [1.54, 1.807) is 56.8 Å². The van der Waals surface area contributed by atoms with Crippen molar-refractivity contribution < 1.29 is 38.0 Å². The predicted octanol–water partition coefficient (Wildman–Crippen LogP) is 9.22. The van der Waals surface area contributed by atoms with Crippen molar-refractivity contribution in [3.8, 4) is 23.0 Å². The third-order valence-electron chi connectivity index (χ3n) is 8.98. The lowest BCUT2D eigenvalue weighted by atomic mass is 9.86. The SMILES string of the molecule is COCCOCCOC[C@H](C)NC(=O)c1ccc(Nc2cc(Oc3ccc(NC(=O)Nc4cc(C(C)(C)C)cc(NSC)c4OC)c4ccccc34)ccn2)cc1OC. The van der Waals surface area contributed by atoms with Crippen LogP contribution in [-0.4, -0.2) is 83.6 Å². The fourth-order valence-corrected chi connectivity index (χ4v) is 6.42. The van der Waals surface area contributed by atoms with E-state index < -0.39 is 6.03 Å². The Morgan fingerprint density at radius 1 is 0.780 bits per heavy atom. The number of amides is 3. The van der Waals surface area contributed by atoms with Gasteiger partial charge in [-0.05, 0) is 60.4 Å². The van der Waals surface area contributed by atoms with E-state index in [2.05, 4.69) is 51.7 Å². The van der Waals surface area contributed by atoms with E-state index in [4.69, 9.17) is 28.4 Å². The summed E-state index contributed by atoms with van der Waals surface area (Å²) in [4.78, 5) is 31.1. The topological polar surface area (TPSA) is 163 Å². The molecular weight excluding hydrogens is 773 g/mol.